The van der Waals surface area contributed by atoms with Gasteiger partial charge in [-0.3, -0.25) is 4.21 Å². The molecule has 0 aliphatic carbocycles. The van der Waals surface area contributed by atoms with Gasteiger partial charge in [0, 0.05) is 21.0 Å². The molecule has 0 saturated carbocycles. The first-order chi connectivity index (χ1) is 19.1. The maximum absolute atomic E-state index is 13.5. The Balaban J connectivity index is 1.49. The fraction of sp³-hybridized carbons (Fsp3) is 0.387. The van der Waals surface area contributed by atoms with E-state index in [1.165, 1.54) is 5.56 Å². The predicted octanol–water partition coefficient (Wildman–Crippen LogP) is 6.53. The molecule has 2 aromatic carbocycles. The van der Waals surface area contributed by atoms with E-state index >= 15 is 0 Å². The highest BCUT2D eigenvalue weighted by atomic mass is 32.2. The number of aromatic amines is 1. The zero-order valence-electron chi connectivity index (χ0n) is 24.0. The molecule has 1 aliphatic rings. The molecule has 0 radical (unpaired) electrons. The number of nitrogens with zero attached hydrogens (tertiary/aromatic N) is 3. The summed E-state index contributed by atoms with van der Waals surface area (Å²) >= 11 is 0. The van der Waals surface area contributed by atoms with Crippen LogP contribution in [0.3, 0.4) is 0 Å². The highest BCUT2D eigenvalue weighted by Crippen LogP contribution is 2.36. The molecule has 0 amide bonds. The summed E-state index contributed by atoms with van der Waals surface area (Å²) in [7, 11) is -0.327. The number of benzene rings is 2. The van der Waals surface area contributed by atoms with E-state index in [0.717, 1.165) is 48.4 Å². The molecule has 0 bridgehead atoms. The van der Waals surface area contributed by atoms with Crippen molar-refractivity contribution in [3.8, 4) is 5.75 Å². The van der Waals surface area contributed by atoms with Crippen LogP contribution in [0.15, 0.2) is 59.6 Å². The summed E-state index contributed by atoms with van der Waals surface area (Å²) < 4.78 is 19.7. The largest absolute Gasteiger partial charge is 0.489 e. The van der Waals surface area contributed by atoms with Crippen LogP contribution in [0.1, 0.15) is 52.0 Å². The van der Waals surface area contributed by atoms with Crippen LogP contribution in [0.2, 0.25) is 0 Å². The Hall–Kier alpha value is -3.56. The summed E-state index contributed by atoms with van der Waals surface area (Å²) in [5, 5.41) is 7.55. The summed E-state index contributed by atoms with van der Waals surface area (Å²) in [6, 6.07) is 15.9. The van der Waals surface area contributed by atoms with Gasteiger partial charge in [-0.1, -0.05) is 32.0 Å². The lowest BCUT2D eigenvalue weighted by atomic mass is 9.89. The molecule has 0 spiro atoms. The summed E-state index contributed by atoms with van der Waals surface area (Å²) in [5.41, 5.74) is 3.51. The Morgan fingerprint density at radius 3 is 2.50 bits per heavy atom. The van der Waals surface area contributed by atoms with Gasteiger partial charge < -0.3 is 25.3 Å². The summed E-state index contributed by atoms with van der Waals surface area (Å²) in [4.78, 5) is 15.8. The van der Waals surface area contributed by atoms with Crippen molar-refractivity contribution < 1.29 is 8.95 Å². The zero-order chi connectivity index (χ0) is 28.4. The quantitative estimate of drug-likeness (QED) is 0.201. The number of anilines is 4. The monoisotopic (exact) mass is 560 g/mol. The molecule has 40 heavy (non-hydrogen) atoms. The minimum absolute atomic E-state index is 0.0206. The van der Waals surface area contributed by atoms with Crippen molar-refractivity contribution in [2.24, 2.45) is 0 Å². The van der Waals surface area contributed by atoms with Crippen molar-refractivity contribution in [3.63, 3.8) is 0 Å². The van der Waals surface area contributed by atoms with Crippen molar-refractivity contribution in [1.82, 2.24) is 19.9 Å². The van der Waals surface area contributed by atoms with Gasteiger partial charge in [0.25, 0.3) is 0 Å². The molecule has 1 unspecified atom stereocenters. The van der Waals surface area contributed by atoms with Crippen molar-refractivity contribution in [3.05, 3.63) is 60.3 Å². The maximum atomic E-state index is 13.5. The van der Waals surface area contributed by atoms with E-state index in [-0.39, 0.29) is 11.4 Å². The van der Waals surface area contributed by atoms with E-state index in [0.29, 0.717) is 28.2 Å². The molecular formula is C31H40N6O2S. The molecule has 5 rings (SSSR count). The number of aromatic nitrogens is 3. The highest BCUT2D eigenvalue weighted by Gasteiger charge is 2.21. The van der Waals surface area contributed by atoms with Crippen LogP contribution < -0.4 is 15.4 Å². The normalized spacial score (nSPS) is 16.4. The molecule has 8 nitrogen and oxygen atoms in total. The zero-order valence-corrected chi connectivity index (χ0v) is 24.8. The van der Waals surface area contributed by atoms with Crippen LogP contribution in [0, 0.1) is 0 Å². The summed E-state index contributed by atoms with van der Waals surface area (Å²) in [6.45, 7) is 10.1. The molecule has 1 aliphatic heterocycles. The topological polar surface area (TPSA) is 95.2 Å². The average Bonchev–Trinajstić information content (AvgIpc) is 3.39. The Bertz CT molecular complexity index is 1590. The third kappa shape index (κ3) is 5.95. The standard InChI is InChI=1S/C31H40N6O2S/c1-20(2)39-27-19-23(22-14-17-37(5)18-15-22)11-12-25(27)34-31-35-29-24(13-16-32-29)30(36-31)33-26-9-7-8-10-28(26)40(6,38)21(3)4/h7-13,16,19-22H,6,14-15,17-18H2,1-5H3,(H3,32,33,34,35,36). The van der Waals surface area contributed by atoms with Crippen molar-refractivity contribution in [2.45, 2.75) is 62.7 Å². The van der Waals surface area contributed by atoms with Crippen LogP contribution in [0.5, 0.6) is 5.75 Å². The third-order valence-corrected chi connectivity index (χ3v) is 10.1. The van der Waals surface area contributed by atoms with Gasteiger partial charge >= 0.3 is 0 Å². The number of likely N-dealkylation sites (tertiary alicyclic amines) is 1. The Labute approximate surface area is 237 Å². The van der Waals surface area contributed by atoms with E-state index in [4.69, 9.17) is 14.7 Å². The summed E-state index contributed by atoms with van der Waals surface area (Å²) in [6.07, 6.45) is 4.14. The van der Waals surface area contributed by atoms with Crippen LogP contribution in [-0.2, 0) is 9.52 Å². The average molecular weight is 561 g/mol. The molecule has 3 heterocycles. The lowest BCUT2D eigenvalue weighted by Gasteiger charge is -2.29. The molecule has 3 N–H and O–H groups in total. The molecular weight excluding hydrogens is 520 g/mol. The first-order valence-corrected chi connectivity index (χ1v) is 15.7. The van der Waals surface area contributed by atoms with Crippen LogP contribution in [-0.4, -0.2) is 61.4 Å². The second-order valence-corrected chi connectivity index (χ2v) is 14.0. The fourth-order valence-electron chi connectivity index (χ4n) is 5.06. The Kier molecular flexibility index (Phi) is 8.05. The number of hydrogen-bond acceptors (Lipinski definition) is 7. The number of hydrogen-bond donors (Lipinski definition) is 3. The molecule has 9 heteroatoms. The second kappa shape index (κ2) is 11.5. The minimum atomic E-state index is -2.51. The number of rotatable bonds is 9. The number of para-hydroxylation sites is 1. The van der Waals surface area contributed by atoms with Gasteiger partial charge in [-0.15, -0.1) is 0 Å². The first kappa shape index (κ1) is 28.0. The van der Waals surface area contributed by atoms with Crippen molar-refractivity contribution in [1.29, 1.82) is 0 Å². The van der Waals surface area contributed by atoms with E-state index < -0.39 is 9.52 Å². The molecule has 1 saturated heterocycles. The number of H-pyrrole nitrogens is 1. The van der Waals surface area contributed by atoms with Crippen molar-refractivity contribution in [2.75, 3.05) is 30.8 Å². The Morgan fingerprint density at radius 1 is 1.02 bits per heavy atom. The predicted molar refractivity (Wildman–Crippen MR) is 167 cm³/mol. The summed E-state index contributed by atoms with van der Waals surface area (Å²) in [5.74, 6) is 6.41. The van der Waals surface area contributed by atoms with Gasteiger partial charge in [0.15, 0.2) is 0 Å². The lowest BCUT2D eigenvalue weighted by Crippen LogP contribution is -2.29. The van der Waals surface area contributed by atoms with Gasteiger partial charge in [-0.05, 0) is 94.5 Å². The number of ether oxygens (including phenoxy) is 1. The number of nitrogens with one attached hydrogen (secondary N) is 3. The van der Waals surface area contributed by atoms with Gasteiger partial charge in [-0.25, -0.2) is 0 Å². The number of fused-ring (bicyclic) bond motifs is 1. The fourth-order valence-corrected chi connectivity index (χ4v) is 6.36. The highest BCUT2D eigenvalue weighted by molar-refractivity contribution is 8.01. The van der Waals surface area contributed by atoms with Gasteiger partial charge in [0.1, 0.15) is 17.2 Å². The Morgan fingerprint density at radius 2 is 1.77 bits per heavy atom. The molecule has 1 fully saturated rings. The molecule has 2 aromatic heterocycles. The molecule has 212 valence electrons. The number of piperidine rings is 1. The van der Waals surface area contributed by atoms with E-state index in [9.17, 15) is 4.21 Å². The van der Waals surface area contributed by atoms with Gasteiger partial charge in [-0.2, -0.15) is 9.97 Å². The van der Waals surface area contributed by atoms with E-state index in [2.05, 4.69) is 51.6 Å². The smallest absolute Gasteiger partial charge is 0.231 e. The van der Waals surface area contributed by atoms with Crippen LogP contribution in [0.25, 0.3) is 11.0 Å². The van der Waals surface area contributed by atoms with E-state index in [1.807, 2.05) is 64.2 Å². The molecule has 1 atom stereocenters. The van der Waals surface area contributed by atoms with Gasteiger partial charge in [0.2, 0.25) is 5.95 Å². The van der Waals surface area contributed by atoms with Gasteiger partial charge in [0.05, 0.1) is 27.8 Å². The first-order valence-electron chi connectivity index (χ1n) is 13.9. The van der Waals surface area contributed by atoms with Crippen molar-refractivity contribution >= 4 is 49.6 Å². The minimum Gasteiger partial charge on any atom is -0.489 e. The third-order valence-electron chi connectivity index (χ3n) is 7.49. The lowest BCUT2D eigenvalue weighted by molar-refractivity contribution is 0.241. The second-order valence-electron chi connectivity index (χ2n) is 11.2. The van der Waals surface area contributed by atoms with Crippen LogP contribution in [0.4, 0.5) is 23.1 Å². The maximum Gasteiger partial charge on any atom is 0.231 e. The SMILES string of the molecule is C=S(=O)(c1ccccc1Nc1nc(Nc2ccc(C3CCN(C)CC3)cc2OC(C)C)nc2[nH]ccc12)C(C)C. The molecule has 4 aromatic rings. The van der Waals surface area contributed by atoms with E-state index in [1.54, 1.807) is 0 Å². The van der Waals surface area contributed by atoms with Crippen LogP contribution >= 0.6 is 0 Å².